The average molecular weight is 370 g/mol. The topological polar surface area (TPSA) is 64.8 Å². The van der Waals surface area contributed by atoms with Gasteiger partial charge in [0.25, 0.3) is 10.0 Å². The summed E-state index contributed by atoms with van der Waals surface area (Å²) in [4.78, 5) is 8.75. The summed E-state index contributed by atoms with van der Waals surface area (Å²) in [5, 5.41) is 1.03. The van der Waals surface area contributed by atoms with Gasteiger partial charge in [0.15, 0.2) is 5.65 Å². The minimum absolute atomic E-state index is 0.197. The van der Waals surface area contributed by atoms with Gasteiger partial charge in [0.2, 0.25) is 0 Å². The number of pyridine rings is 2. The molecule has 5 nitrogen and oxygen atoms in total. The summed E-state index contributed by atoms with van der Waals surface area (Å²) in [6.45, 7) is 0. The molecule has 4 rings (SSSR count). The molecule has 124 valence electrons. The lowest BCUT2D eigenvalue weighted by Gasteiger charge is -2.06. The lowest BCUT2D eigenvalue weighted by molar-refractivity contribution is 0.589. The molecule has 0 aliphatic rings. The summed E-state index contributed by atoms with van der Waals surface area (Å²) in [5.41, 5.74) is 1.60. The monoisotopic (exact) mass is 369 g/mol. The molecule has 0 aliphatic heterocycles. The zero-order valence-electron chi connectivity index (χ0n) is 12.9. The van der Waals surface area contributed by atoms with Crippen molar-refractivity contribution < 1.29 is 8.42 Å². The Labute approximate surface area is 149 Å². The predicted molar refractivity (Wildman–Crippen MR) is 97.0 cm³/mol. The minimum atomic E-state index is -3.77. The maximum Gasteiger partial charge on any atom is 0.269 e. The second kappa shape index (κ2) is 5.98. The number of hydrogen-bond donors (Lipinski definition) is 0. The Balaban J connectivity index is 2.01. The quantitative estimate of drug-likeness (QED) is 0.512. The van der Waals surface area contributed by atoms with E-state index in [1.165, 1.54) is 3.97 Å². The van der Waals surface area contributed by atoms with Crippen LogP contribution < -0.4 is 0 Å². The number of aromatic nitrogens is 3. The van der Waals surface area contributed by atoms with Gasteiger partial charge in [0.1, 0.15) is 5.15 Å². The Hall–Kier alpha value is -2.70. The van der Waals surface area contributed by atoms with E-state index in [4.69, 9.17) is 11.6 Å². The number of rotatable bonds is 3. The summed E-state index contributed by atoms with van der Waals surface area (Å²) in [6, 6.07) is 17.1. The van der Waals surface area contributed by atoms with Crippen LogP contribution in [0.3, 0.4) is 0 Å². The molecule has 25 heavy (non-hydrogen) atoms. The second-order valence-electron chi connectivity index (χ2n) is 5.38. The Morgan fingerprint density at radius 2 is 1.72 bits per heavy atom. The molecule has 1 aromatic carbocycles. The van der Waals surface area contributed by atoms with E-state index in [0.29, 0.717) is 27.4 Å². The van der Waals surface area contributed by atoms with Crippen LogP contribution in [-0.4, -0.2) is 22.4 Å². The SMILES string of the molecule is O=S(=O)(c1ccccc1)n1cc(-c2cccc(Cl)n2)c2cccnc21. The van der Waals surface area contributed by atoms with Gasteiger partial charge >= 0.3 is 0 Å². The molecule has 0 aliphatic carbocycles. The number of halogens is 1. The normalized spacial score (nSPS) is 11.7. The fraction of sp³-hybridized carbons (Fsp3) is 0. The fourth-order valence-electron chi connectivity index (χ4n) is 2.68. The van der Waals surface area contributed by atoms with Crippen molar-refractivity contribution in [3.05, 3.63) is 78.2 Å². The van der Waals surface area contributed by atoms with Gasteiger partial charge in [-0.1, -0.05) is 35.9 Å². The summed E-state index contributed by atoms with van der Waals surface area (Å²) >= 11 is 5.99. The molecule has 3 heterocycles. The highest BCUT2D eigenvalue weighted by Crippen LogP contribution is 2.31. The molecule has 0 saturated heterocycles. The Morgan fingerprint density at radius 1 is 0.920 bits per heavy atom. The summed E-state index contributed by atoms with van der Waals surface area (Å²) in [5.74, 6) is 0. The lowest BCUT2D eigenvalue weighted by atomic mass is 10.1. The highest BCUT2D eigenvalue weighted by molar-refractivity contribution is 7.90. The molecule has 0 atom stereocenters. The largest absolute Gasteiger partial charge is 0.269 e. The molecule has 0 saturated carbocycles. The molecular formula is C18H12ClN3O2S. The molecule has 0 unspecified atom stereocenters. The van der Waals surface area contributed by atoms with Gasteiger partial charge in [-0.25, -0.2) is 22.4 Å². The van der Waals surface area contributed by atoms with Gasteiger partial charge in [-0.3, -0.25) is 0 Å². The summed E-state index contributed by atoms with van der Waals surface area (Å²) in [7, 11) is -3.77. The smallest absolute Gasteiger partial charge is 0.237 e. The predicted octanol–water partition coefficient (Wildman–Crippen LogP) is 3.99. The van der Waals surface area contributed by atoms with E-state index in [9.17, 15) is 8.42 Å². The molecule has 4 aromatic rings. The van der Waals surface area contributed by atoms with Gasteiger partial charge in [0.05, 0.1) is 10.6 Å². The van der Waals surface area contributed by atoms with E-state index in [2.05, 4.69) is 9.97 Å². The van der Waals surface area contributed by atoms with Crippen LogP contribution in [0, 0.1) is 0 Å². The van der Waals surface area contributed by atoms with E-state index in [-0.39, 0.29) is 4.90 Å². The maximum atomic E-state index is 13.0. The highest BCUT2D eigenvalue weighted by Gasteiger charge is 2.22. The van der Waals surface area contributed by atoms with Crippen molar-refractivity contribution >= 4 is 32.7 Å². The van der Waals surface area contributed by atoms with Crippen molar-refractivity contribution in [1.82, 2.24) is 13.9 Å². The van der Waals surface area contributed by atoms with Crippen LogP contribution in [0.1, 0.15) is 0 Å². The van der Waals surface area contributed by atoms with E-state index in [1.54, 1.807) is 67.0 Å². The molecule has 0 bridgehead atoms. The van der Waals surface area contributed by atoms with Gasteiger partial charge in [-0.15, -0.1) is 0 Å². The fourth-order valence-corrected chi connectivity index (χ4v) is 4.19. The van der Waals surface area contributed by atoms with Crippen LogP contribution in [0.5, 0.6) is 0 Å². The van der Waals surface area contributed by atoms with E-state index < -0.39 is 10.0 Å². The van der Waals surface area contributed by atoms with Crippen LogP contribution in [0.25, 0.3) is 22.3 Å². The van der Waals surface area contributed by atoms with Crippen molar-refractivity contribution in [2.75, 3.05) is 0 Å². The number of nitrogens with zero attached hydrogens (tertiary/aromatic N) is 3. The Morgan fingerprint density at radius 3 is 2.48 bits per heavy atom. The van der Waals surface area contributed by atoms with Crippen molar-refractivity contribution in [3.63, 3.8) is 0 Å². The molecule has 0 fully saturated rings. The van der Waals surface area contributed by atoms with Crippen molar-refractivity contribution in [2.45, 2.75) is 4.90 Å². The third kappa shape index (κ3) is 2.69. The second-order valence-corrected chi connectivity index (χ2v) is 7.58. The third-order valence-electron chi connectivity index (χ3n) is 3.82. The standard InChI is InChI=1S/C18H12ClN3O2S/c19-17-10-4-9-16(21-17)15-12-22(18-14(15)8-5-11-20-18)25(23,24)13-6-2-1-3-7-13/h1-12H. The van der Waals surface area contributed by atoms with Crippen molar-refractivity contribution in [1.29, 1.82) is 0 Å². The molecule has 0 radical (unpaired) electrons. The Kier molecular flexibility index (Phi) is 3.78. The summed E-state index contributed by atoms with van der Waals surface area (Å²) < 4.78 is 27.3. The van der Waals surface area contributed by atoms with Crippen LogP contribution in [0.2, 0.25) is 5.15 Å². The van der Waals surface area contributed by atoms with E-state index in [0.717, 1.165) is 0 Å². The van der Waals surface area contributed by atoms with Crippen LogP contribution in [0.4, 0.5) is 0 Å². The average Bonchev–Trinajstić information content (AvgIpc) is 3.03. The first-order chi connectivity index (χ1) is 12.1. The molecule has 3 aromatic heterocycles. The maximum absolute atomic E-state index is 13.0. The van der Waals surface area contributed by atoms with Gasteiger partial charge in [-0.2, -0.15) is 0 Å². The number of fused-ring (bicyclic) bond motifs is 1. The third-order valence-corrected chi connectivity index (χ3v) is 5.70. The highest BCUT2D eigenvalue weighted by atomic mass is 35.5. The molecular weight excluding hydrogens is 358 g/mol. The molecule has 0 spiro atoms. The van der Waals surface area contributed by atoms with Crippen LogP contribution in [0.15, 0.2) is 78.0 Å². The summed E-state index contributed by atoms with van der Waals surface area (Å²) in [6.07, 6.45) is 3.10. The van der Waals surface area contributed by atoms with E-state index in [1.807, 2.05) is 6.07 Å². The first kappa shape index (κ1) is 15.8. The minimum Gasteiger partial charge on any atom is -0.237 e. The first-order valence-corrected chi connectivity index (χ1v) is 9.29. The number of benzene rings is 1. The van der Waals surface area contributed by atoms with Crippen LogP contribution >= 0.6 is 11.6 Å². The van der Waals surface area contributed by atoms with Crippen LogP contribution in [-0.2, 0) is 10.0 Å². The Bertz CT molecular complexity index is 1170. The first-order valence-electron chi connectivity index (χ1n) is 7.47. The van der Waals surface area contributed by atoms with E-state index >= 15 is 0 Å². The van der Waals surface area contributed by atoms with Gasteiger partial charge < -0.3 is 0 Å². The lowest BCUT2D eigenvalue weighted by Crippen LogP contribution is -2.12. The molecule has 0 N–H and O–H groups in total. The van der Waals surface area contributed by atoms with Crippen molar-refractivity contribution in [3.8, 4) is 11.3 Å². The zero-order valence-corrected chi connectivity index (χ0v) is 14.4. The molecule has 7 heteroatoms. The van der Waals surface area contributed by atoms with Gasteiger partial charge in [0, 0.05) is 23.3 Å². The molecule has 0 amide bonds. The van der Waals surface area contributed by atoms with Gasteiger partial charge in [-0.05, 0) is 36.4 Å². The zero-order chi connectivity index (χ0) is 17.4. The number of hydrogen-bond acceptors (Lipinski definition) is 4. The van der Waals surface area contributed by atoms with Crippen molar-refractivity contribution in [2.24, 2.45) is 0 Å².